The van der Waals surface area contributed by atoms with E-state index < -0.39 is 0 Å². The minimum atomic E-state index is 0.920. The van der Waals surface area contributed by atoms with Crippen molar-refractivity contribution in [1.82, 2.24) is 21.3 Å². The molecule has 4 N–H and O–H groups in total. The molecule has 0 radical (unpaired) electrons. The summed E-state index contributed by atoms with van der Waals surface area (Å²) >= 11 is 0. The van der Waals surface area contributed by atoms with Crippen LogP contribution in [0.2, 0.25) is 0 Å². The minimum absolute atomic E-state index is 0.920. The second-order valence-electron chi connectivity index (χ2n) is 5.80. The minimum Gasteiger partial charge on any atom is -0.315 e. The van der Waals surface area contributed by atoms with Crippen molar-refractivity contribution < 1.29 is 0 Å². The second kappa shape index (κ2) is 19.8. The first kappa shape index (κ1) is 20.8. The molecule has 1 aliphatic heterocycles. The predicted molar refractivity (Wildman–Crippen MR) is 94.9 cm³/mol. The summed E-state index contributed by atoms with van der Waals surface area (Å²) in [6.07, 6.45) is 11.2. The lowest BCUT2D eigenvalue weighted by atomic mass is 10.1. The van der Waals surface area contributed by atoms with Gasteiger partial charge in [0.15, 0.2) is 0 Å². The molecule has 0 aromatic rings. The standard InChI is InChI=1S/C9H20.C8H20N4/c1-3-5-7-9-8-6-4-2;1-2-9-4-6-11-8-12-7-5-10-3-1/h3-9H2,1-2H3;9-12H,1-8H2. The van der Waals surface area contributed by atoms with Gasteiger partial charge in [0.25, 0.3) is 0 Å². The van der Waals surface area contributed by atoms with Crippen LogP contribution < -0.4 is 21.3 Å². The topological polar surface area (TPSA) is 48.1 Å². The van der Waals surface area contributed by atoms with Crippen LogP contribution in [0.5, 0.6) is 0 Å². The van der Waals surface area contributed by atoms with E-state index in [0.29, 0.717) is 0 Å². The van der Waals surface area contributed by atoms with Gasteiger partial charge in [-0.05, 0) is 19.5 Å². The van der Waals surface area contributed by atoms with Gasteiger partial charge >= 0.3 is 0 Å². The van der Waals surface area contributed by atoms with E-state index in [9.17, 15) is 0 Å². The van der Waals surface area contributed by atoms with E-state index in [1.165, 1.54) is 51.4 Å². The van der Waals surface area contributed by atoms with Gasteiger partial charge in [-0.1, -0.05) is 58.8 Å². The van der Waals surface area contributed by atoms with Crippen LogP contribution in [0.25, 0.3) is 0 Å². The maximum absolute atomic E-state index is 3.37. The molecule has 0 bridgehead atoms. The van der Waals surface area contributed by atoms with Crippen molar-refractivity contribution in [3.63, 3.8) is 0 Å². The molecule has 4 heteroatoms. The third-order valence-corrected chi connectivity index (χ3v) is 3.62. The largest absolute Gasteiger partial charge is 0.315 e. The molecule has 1 fully saturated rings. The Hall–Kier alpha value is -0.160. The lowest BCUT2D eigenvalue weighted by Crippen LogP contribution is -2.39. The van der Waals surface area contributed by atoms with Crippen LogP contribution in [0.1, 0.15) is 65.2 Å². The van der Waals surface area contributed by atoms with Crippen molar-refractivity contribution >= 4 is 0 Å². The van der Waals surface area contributed by atoms with Crippen LogP contribution >= 0.6 is 0 Å². The van der Waals surface area contributed by atoms with Gasteiger partial charge in [-0.15, -0.1) is 0 Å². The first-order valence-corrected chi connectivity index (χ1v) is 9.24. The molecule has 0 aromatic carbocycles. The van der Waals surface area contributed by atoms with Crippen molar-refractivity contribution in [2.75, 3.05) is 45.9 Å². The number of rotatable bonds is 6. The molecule has 0 spiro atoms. The van der Waals surface area contributed by atoms with Gasteiger partial charge in [-0.2, -0.15) is 0 Å². The molecule has 1 rings (SSSR count). The molecule has 0 aliphatic carbocycles. The highest BCUT2D eigenvalue weighted by atomic mass is 15.1. The van der Waals surface area contributed by atoms with Gasteiger partial charge in [-0.3, -0.25) is 0 Å². The molecule has 0 unspecified atom stereocenters. The van der Waals surface area contributed by atoms with Crippen LogP contribution in [0.4, 0.5) is 0 Å². The molecule has 4 nitrogen and oxygen atoms in total. The average molecular weight is 301 g/mol. The fourth-order valence-electron chi connectivity index (χ4n) is 2.24. The zero-order valence-corrected chi connectivity index (χ0v) is 14.6. The van der Waals surface area contributed by atoms with Gasteiger partial charge in [-0.25, -0.2) is 0 Å². The highest BCUT2D eigenvalue weighted by Gasteiger charge is 1.92. The molecule has 0 saturated carbocycles. The van der Waals surface area contributed by atoms with E-state index in [-0.39, 0.29) is 0 Å². The Morgan fingerprint density at radius 3 is 1.43 bits per heavy atom. The zero-order chi connectivity index (χ0) is 15.4. The normalized spacial score (nSPS) is 18.0. The maximum Gasteiger partial charge on any atom is 0.0455 e. The molecule has 1 heterocycles. The first-order valence-electron chi connectivity index (χ1n) is 9.24. The van der Waals surface area contributed by atoms with Crippen LogP contribution in [0, 0.1) is 0 Å². The van der Waals surface area contributed by atoms with E-state index in [1.807, 2.05) is 0 Å². The second-order valence-corrected chi connectivity index (χ2v) is 5.80. The van der Waals surface area contributed by atoms with E-state index in [1.54, 1.807) is 0 Å². The van der Waals surface area contributed by atoms with Crippen molar-refractivity contribution in [2.45, 2.75) is 65.2 Å². The maximum atomic E-state index is 3.37. The number of hydrogen-bond donors (Lipinski definition) is 4. The summed E-state index contributed by atoms with van der Waals surface area (Å²) in [5.41, 5.74) is 0. The predicted octanol–water partition coefficient (Wildman–Crippen LogP) is 2.46. The van der Waals surface area contributed by atoms with E-state index in [2.05, 4.69) is 35.1 Å². The summed E-state index contributed by atoms with van der Waals surface area (Å²) in [7, 11) is 0. The van der Waals surface area contributed by atoms with Crippen LogP contribution in [-0.4, -0.2) is 45.9 Å². The fraction of sp³-hybridized carbons (Fsp3) is 1.00. The molecule has 128 valence electrons. The number of nitrogens with one attached hydrogen (secondary N) is 4. The van der Waals surface area contributed by atoms with E-state index in [4.69, 9.17) is 0 Å². The molecule has 0 atom stereocenters. The van der Waals surface area contributed by atoms with Gasteiger partial charge in [0.1, 0.15) is 0 Å². The lowest BCUT2D eigenvalue weighted by molar-refractivity contribution is 0.513. The molecule has 1 aliphatic rings. The molecule has 1 saturated heterocycles. The smallest absolute Gasteiger partial charge is 0.0455 e. The van der Waals surface area contributed by atoms with Crippen LogP contribution in [0.15, 0.2) is 0 Å². The molecule has 0 aromatic heterocycles. The Morgan fingerprint density at radius 1 is 0.524 bits per heavy atom. The Labute approximate surface area is 133 Å². The quantitative estimate of drug-likeness (QED) is 0.569. The average Bonchev–Trinajstić information content (AvgIpc) is 2.48. The highest BCUT2D eigenvalue weighted by Crippen LogP contribution is 2.05. The third kappa shape index (κ3) is 19.8. The molecule has 0 amide bonds. The Balaban J connectivity index is 0.000000400. The van der Waals surface area contributed by atoms with Crippen LogP contribution in [0.3, 0.4) is 0 Å². The Bertz CT molecular complexity index is 127. The van der Waals surface area contributed by atoms with Gasteiger partial charge in [0, 0.05) is 32.8 Å². The highest BCUT2D eigenvalue weighted by molar-refractivity contribution is 4.57. The Kier molecular flexibility index (Phi) is 19.7. The van der Waals surface area contributed by atoms with E-state index >= 15 is 0 Å². The van der Waals surface area contributed by atoms with E-state index in [0.717, 1.165) is 45.9 Å². The Morgan fingerprint density at radius 2 is 0.952 bits per heavy atom. The zero-order valence-electron chi connectivity index (χ0n) is 14.6. The third-order valence-electron chi connectivity index (χ3n) is 3.62. The summed E-state index contributed by atoms with van der Waals surface area (Å²) in [4.78, 5) is 0. The summed E-state index contributed by atoms with van der Waals surface area (Å²) in [5, 5.41) is 13.3. The molecule has 21 heavy (non-hydrogen) atoms. The lowest BCUT2D eigenvalue weighted by Gasteiger charge is -2.11. The summed E-state index contributed by atoms with van der Waals surface area (Å²) < 4.78 is 0. The van der Waals surface area contributed by atoms with Crippen molar-refractivity contribution in [2.24, 2.45) is 0 Å². The number of unbranched alkanes of at least 4 members (excludes halogenated alkanes) is 6. The van der Waals surface area contributed by atoms with Crippen molar-refractivity contribution in [1.29, 1.82) is 0 Å². The van der Waals surface area contributed by atoms with Crippen molar-refractivity contribution in [3.05, 3.63) is 0 Å². The van der Waals surface area contributed by atoms with Crippen LogP contribution in [-0.2, 0) is 0 Å². The van der Waals surface area contributed by atoms with Gasteiger partial charge in [0.05, 0.1) is 0 Å². The van der Waals surface area contributed by atoms with Gasteiger partial charge < -0.3 is 21.3 Å². The summed E-state index contributed by atoms with van der Waals surface area (Å²) in [5.74, 6) is 0. The summed E-state index contributed by atoms with van der Waals surface area (Å²) in [6.45, 7) is 12.0. The summed E-state index contributed by atoms with van der Waals surface area (Å²) in [6, 6.07) is 0. The van der Waals surface area contributed by atoms with Crippen molar-refractivity contribution in [3.8, 4) is 0 Å². The fourth-order valence-corrected chi connectivity index (χ4v) is 2.24. The first-order chi connectivity index (χ1) is 10.4. The molecular weight excluding hydrogens is 260 g/mol. The monoisotopic (exact) mass is 300 g/mol. The molecular formula is C17H40N4. The SMILES string of the molecule is C1CNCCNCNCCNC1.CCCCCCCCC. The van der Waals surface area contributed by atoms with Gasteiger partial charge in [0.2, 0.25) is 0 Å². The number of hydrogen-bond acceptors (Lipinski definition) is 4.